The van der Waals surface area contributed by atoms with Crippen molar-refractivity contribution in [3.05, 3.63) is 130 Å². The normalized spacial score (nSPS) is 14.5. The van der Waals surface area contributed by atoms with Gasteiger partial charge in [-0.25, -0.2) is 4.79 Å². The average Bonchev–Trinajstić information content (AvgIpc) is 2.92. The van der Waals surface area contributed by atoms with E-state index in [1.54, 1.807) is 47.4 Å². The Morgan fingerprint density at radius 3 is 2.38 bits per heavy atom. The molecule has 186 valence electrons. The van der Waals surface area contributed by atoms with Crippen LogP contribution in [0.15, 0.2) is 97.1 Å². The largest absolute Gasteiger partial charge is 0.478 e. The van der Waals surface area contributed by atoms with Crippen LogP contribution in [0.1, 0.15) is 56.3 Å². The first-order valence-electron chi connectivity index (χ1n) is 12.2. The van der Waals surface area contributed by atoms with Crippen LogP contribution in [0.4, 0.5) is 0 Å². The fourth-order valence-electron chi connectivity index (χ4n) is 4.93. The number of benzene rings is 4. The molecule has 4 aromatic rings. The molecule has 0 unspecified atom stereocenters. The monoisotopic (exact) mass is 511 g/mol. The van der Waals surface area contributed by atoms with Crippen molar-refractivity contribution >= 4 is 23.5 Å². The highest BCUT2D eigenvalue weighted by molar-refractivity contribution is 6.30. The maximum absolute atomic E-state index is 14.0. The minimum atomic E-state index is -1.12. The van der Waals surface area contributed by atoms with E-state index in [0.29, 0.717) is 23.1 Å². The van der Waals surface area contributed by atoms with Crippen LogP contribution >= 0.6 is 11.6 Å². The second-order valence-electron chi connectivity index (χ2n) is 9.09. The highest BCUT2D eigenvalue weighted by Gasteiger charge is 2.31. The Morgan fingerprint density at radius 1 is 0.865 bits per heavy atom. The van der Waals surface area contributed by atoms with Gasteiger partial charge in [0, 0.05) is 11.6 Å². The van der Waals surface area contributed by atoms with Crippen LogP contribution in [0.5, 0.6) is 11.5 Å². The van der Waals surface area contributed by atoms with Crippen LogP contribution in [0.25, 0.3) is 0 Å². The van der Waals surface area contributed by atoms with Gasteiger partial charge < -0.3 is 14.7 Å². The zero-order valence-corrected chi connectivity index (χ0v) is 20.9. The molecule has 0 radical (unpaired) electrons. The topological polar surface area (TPSA) is 66.8 Å². The Morgan fingerprint density at radius 2 is 1.59 bits per heavy atom. The predicted octanol–water partition coefficient (Wildman–Crippen LogP) is 7.55. The van der Waals surface area contributed by atoms with Crippen LogP contribution in [-0.4, -0.2) is 21.9 Å². The summed E-state index contributed by atoms with van der Waals surface area (Å²) in [5.74, 6) is -0.122. The summed E-state index contributed by atoms with van der Waals surface area (Å²) in [7, 11) is 0. The minimum Gasteiger partial charge on any atom is -0.478 e. The van der Waals surface area contributed by atoms with E-state index in [-0.39, 0.29) is 23.1 Å². The second kappa shape index (κ2) is 10.9. The smallest absolute Gasteiger partial charge is 0.336 e. The molecule has 0 saturated heterocycles. The van der Waals surface area contributed by atoms with Gasteiger partial charge in [-0.15, -0.1) is 0 Å². The quantitative estimate of drug-likeness (QED) is 0.278. The molecule has 5 rings (SSSR count). The number of fused-ring (bicyclic) bond motifs is 1. The van der Waals surface area contributed by atoms with Gasteiger partial charge in [0.1, 0.15) is 11.5 Å². The number of amides is 1. The number of hydrogen-bond donors (Lipinski definition) is 1. The molecule has 0 saturated carbocycles. The number of halogens is 1. The van der Waals surface area contributed by atoms with Crippen molar-refractivity contribution in [1.82, 2.24) is 4.90 Å². The lowest BCUT2D eigenvalue weighted by Gasteiger charge is -2.36. The summed E-state index contributed by atoms with van der Waals surface area (Å²) in [6, 6.07) is 29.2. The summed E-state index contributed by atoms with van der Waals surface area (Å²) in [4.78, 5) is 27.7. The van der Waals surface area contributed by atoms with E-state index in [9.17, 15) is 14.7 Å². The predicted molar refractivity (Wildman–Crippen MR) is 143 cm³/mol. The standard InChI is InChI=1S/C31H26ClNO4/c32-23-15-17-24(18-16-23)37-25-10-5-7-21(19-25)20-33(29-14-6-9-22-8-1-2-11-26(22)29)30(34)27-12-3-4-13-28(27)31(35)36/h1-5,7-8,10-13,15-19,29H,6,9,14,20H2,(H,35,36)/t29-/m0/s1. The Hall–Kier alpha value is -4.09. The van der Waals surface area contributed by atoms with Crippen molar-refractivity contribution < 1.29 is 19.4 Å². The summed E-state index contributed by atoms with van der Waals surface area (Å²) >= 11 is 5.99. The van der Waals surface area contributed by atoms with Crippen molar-refractivity contribution in [2.24, 2.45) is 0 Å². The van der Waals surface area contributed by atoms with Gasteiger partial charge in [-0.2, -0.15) is 0 Å². The molecule has 1 N–H and O–H groups in total. The van der Waals surface area contributed by atoms with Gasteiger partial charge in [-0.3, -0.25) is 4.79 Å². The van der Waals surface area contributed by atoms with E-state index < -0.39 is 5.97 Å². The zero-order valence-electron chi connectivity index (χ0n) is 20.1. The van der Waals surface area contributed by atoms with E-state index in [1.165, 1.54) is 11.6 Å². The maximum Gasteiger partial charge on any atom is 0.336 e. The van der Waals surface area contributed by atoms with Crippen molar-refractivity contribution in [2.75, 3.05) is 0 Å². The van der Waals surface area contributed by atoms with Gasteiger partial charge in [-0.05, 0) is 84.5 Å². The Kier molecular flexibility index (Phi) is 7.24. The number of aryl methyl sites for hydroxylation is 1. The Labute approximate surface area is 220 Å². The summed E-state index contributed by atoms with van der Waals surface area (Å²) < 4.78 is 6.01. The number of hydrogen-bond acceptors (Lipinski definition) is 3. The molecule has 0 aliphatic heterocycles. The van der Waals surface area contributed by atoms with E-state index in [2.05, 4.69) is 12.1 Å². The fourth-order valence-corrected chi connectivity index (χ4v) is 5.06. The second-order valence-corrected chi connectivity index (χ2v) is 9.53. The number of nitrogens with zero attached hydrogens (tertiary/aromatic N) is 1. The molecule has 1 atom stereocenters. The summed E-state index contributed by atoms with van der Waals surface area (Å²) in [5.41, 5.74) is 3.41. The number of ether oxygens (including phenoxy) is 1. The molecule has 37 heavy (non-hydrogen) atoms. The van der Waals surface area contributed by atoms with Gasteiger partial charge in [-0.1, -0.05) is 60.1 Å². The molecule has 5 nitrogen and oxygen atoms in total. The third kappa shape index (κ3) is 5.52. The maximum atomic E-state index is 14.0. The molecule has 1 aliphatic carbocycles. The number of carbonyl (C=O) groups is 2. The molecule has 6 heteroatoms. The van der Waals surface area contributed by atoms with E-state index in [0.717, 1.165) is 30.4 Å². The van der Waals surface area contributed by atoms with Crippen LogP contribution in [0.2, 0.25) is 5.02 Å². The number of aromatic carboxylic acids is 1. The molecule has 1 amide bonds. The van der Waals surface area contributed by atoms with Gasteiger partial charge in [0.15, 0.2) is 0 Å². The highest BCUT2D eigenvalue weighted by atomic mass is 35.5. The van der Waals surface area contributed by atoms with Gasteiger partial charge in [0.25, 0.3) is 5.91 Å². The molecule has 0 fully saturated rings. The number of carboxylic acid groups (broad SMARTS) is 1. The fraction of sp³-hybridized carbons (Fsp3) is 0.161. The number of carboxylic acids is 1. The SMILES string of the molecule is O=C(O)c1ccccc1C(=O)N(Cc1cccc(Oc2ccc(Cl)cc2)c1)[C@H]1CCCc2ccccc21. The van der Waals surface area contributed by atoms with Crippen molar-refractivity contribution in [1.29, 1.82) is 0 Å². The Bertz CT molecular complexity index is 1430. The lowest BCUT2D eigenvalue weighted by atomic mass is 9.86. The van der Waals surface area contributed by atoms with Crippen LogP contribution in [-0.2, 0) is 13.0 Å². The Balaban J connectivity index is 1.51. The highest BCUT2D eigenvalue weighted by Crippen LogP contribution is 2.37. The molecule has 0 bridgehead atoms. The minimum absolute atomic E-state index is 0.00131. The number of carbonyl (C=O) groups excluding carboxylic acids is 1. The molecular formula is C31H26ClNO4. The van der Waals surface area contributed by atoms with E-state index in [4.69, 9.17) is 16.3 Å². The first kappa shape index (κ1) is 24.6. The van der Waals surface area contributed by atoms with Gasteiger partial charge in [0.05, 0.1) is 17.2 Å². The molecular weight excluding hydrogens is 486 g/mol. The van der Waals surface area contributed by atoms with Crippen LogP contribution < -0.4 is 4.74 Å². The first-order chi connectivity index (χ1) is 18.0. The third-order valence-corrected chi connectivity index (χ3v) is 6.92. The van der Waals surface area contributed by atoms with E-state index >= 15 is 0 Å². The zero-order chi connectivity index (χ0) is 25.8. The molecule has 4 aromatic carbocycles. The molecule has 0 heterocycles. The van der Waals surface area contributed by atoms with Crippen LogP contribution in [0, 0.1) is 0 Å². The summed E-state index contributed by atoms with van der Waals surface area (Å²) in [6.07, 6.45) is 2.72. The summed E-state index contributed by atoms with van der Waals surface area (Å²) in [5, 5.41) is 10.4. The van der Waals surface area contributed by atoms with Crippen molar-refractivity contribution in [3.8, 4) is 11.5 Å². The van der Waals surface area contributed by atoms with Gasteiger partial charge in [0.2, 0.25) is 0 Å². The van der Waals surface area contributed by atoms with E-state index in [1.807, 2.05) is 36.4 Å². The molecule has 0 spiro atoms. The lowest BCUT2D eigenvalue weighted by molar-refractivity contribution is 0.0615. The summed E-state index contributed by atoms with van der Waals surface area (Å²) in [6.45, 7) is 0.309. The first-order valence-corrected chi connectivity index (χ1v) is 12.6. The lowest BCUT2D eigenvalue weighted by Crippen LogP contribution is -2.37. The van der Waals surface area contributed by atoms with Gasteiger partial charge >= 0.3 is 5.97 Å². The van der Waals surface area contributed by atoms with Crippen LogP contribution in [0.3, 0.4) is 0 Å². The van der Waals surface area contributed by atoms with Crippen molar-refractivity contribution in [2.45, 2.75) is 31.8 Å². The van der Waals surface area contributed by atoms with Crippen molar-refractivity contribution in [3.63, 3.8) is 0 Å². The number of rotatable bonds is 7. The molecule has 0 aromatic heterocycles. The molecule has 1 aliphatic rings. The third-order valence-electron chi connectivity index (χ3n) is 6.66. The average molecular weight is 512 g/mol.